The Balaban J connectivity index is 2.00. The molecule has 15 heavy (non-hydrogen) atoms. The highest BCUT2D eigenvalue weighted by Gasteiger charge is 2.34. The lowest BCUT2D eigenvalue weighted by atomic mass is 10.2. The summed E-state index contributed by atoms with van der Waals surface area (Å²) in [5.41, 5.74) is 7.21. The van der Waals surface area contributed by atoms with Gasteiger partial charge in [0, 0.05) is 0 Å². The van der Waals surface area contributed by atoms with Gasteiger partial charge in [-0.05, 0) is 18.8 Å². The van der Waals surface area contributed by atoms with E-state index in [2.05, 4.69) is 10.3 Å². The van der Waals surface area contributed by atoms with Crippen molar-refractivity contribution in [3.05, 3.63) is 16.6 Å². The molecule has 4 nitrogen and oxygen atoms in total. The number of thiocarbonyl (C=S) groups is 1. The molecule has 2 rings (SSSR count). The van der Waals surface area contributed by atoms with Crippen LogP contribution in [0.3, 0.4) is 0 Å². The number of carbonyl (C=O) groups is 1. The third kappa shape index (κ3) is 2.51. The van der Waals surface area contributed by atoms with Gasteiger partial charge in [0.2, 0.25) is 0 Å². The van der Waals surface area contributed by atoms with E-state index >= 15 is 0 Å². The second-order valence-corrected chi connectivity index (χ2v) is 4.91. The Hall–Kier alpha value is -1.01. The number of nitrogens with two attached hydrogens (primary N) is 1. The average Bonchev–Trinajstić information content (AvgIpc) is 2.87. The predicted molar refractivity (Wildman–Crippen MR) is 62.9 cm³/mol. The quantitative estimate of drug-likeness (QED) is 0.770. The largest absolute Gasteiger partial charge is 0.392 e. The number of rotatable bonds is 4. The molecule has 1 aromatic rings. The first-order valence-corrected chi connectivity index (χ1v) is 5.96. The lowest BCUT2D eigenvalue weighted by molar-refractivity contribution is 0.0947. The van der Waals surface area contributed by atoms with Crippen LogP contribution in [-0.4, -0.2) is 21.9 Å². The lowest BCUT2D eigenvalue weighted by Gasteiger charge is -2.15. The average molecular weight is 241 g/mol. The minimum Gasteiger partial charge on any atom is -0.392 e. The van der Waals surface area contributed by atoms with Gasteiger partial charge < -0.3 is 11.1 Å². The summed E-state index contributed by atoms with van der Waals surface area (Å²) in [6.07, 6.45) is 3.72. The smallest absolute Gasteiger partial charge is 0.263 e. The van der Waals surface area contributed by atoms with E-state index in [4.69, 9.17) is 18.0 Å². The summed E-state index contributed by atoms with van der Waals surface area (Å²) < 4.78 is 0. The first kappa shape index (κ1) is 10.5. The third-order valence-corrected chi connectivity index (χ3v) is 3.37. The zero-order valence-corrected chi connectivity index (χ0v) is 9.61. The van der Waals surface area contributed by atoms with Gasteiger partial charge in [-0.15, -0.1) is 11.3 Å². The first-order chi connectivity index (χ1) is 7.18. The van der Waals surface area contributed by atoms with Crippen molar-refractivity contribution in [3.63, 3.8) is 0 Å². The standard InChI is InChI=1S/C9H11N3OS2/c10-8(14)7(5-1-2-5)12-9(13)6-3-11-4-15-6/h3-5,7H,1-2H2,(H2,10,14)(H,12,13). The molecule has 0 aromatic carbocycles. The molecule has 1 fully saturated rings. The Bertz CT molecular complexity index is 373. The van der Waals surface area contributed by atoms with Crippen molar-refractivity contribution in [1.82, 2.24) is 10.3 Å². The van der Waals surface area contributed by atoms with Crippen LogP contribution in [0.4, 0.5) is 0 Å². The number of hydrogen-bond donors (Lipinski definition) is 2. The molecular formula is C9H11N3OS2. The topological polar surface area (TPSA) is 68.0 Å². The molecule has 1 aromatic heterocycles. The number of thiazole rings is 1. The van der Waals surface area contributed by atoms with Crippen LogP contribution in [0.25, 0.3) is 0 Å². The van der Waals surface area contributed by atoms with Crippen molar-refractivity contribution in [3.8, 4) is 0 Å². The van der Waals surface area contributed by atoms with Gasteiger partial charge in [-0.1, -0.05) is 12.2 Å². The van der Waals surface area contributed by atoms with Gasteiger partial charge in [0.1, 0.15) is 4.88 Å². The number of carbonyl (C=O) groups excluding carboxylic acids is 1. The SMILES string of the molecule is NC(=S)C(NC(=O)c1cncs1)C1CC1. The van der Waals surface area contributed by atoms with Crippen LogP contribution >= 0.6 is 23.6 Å². The van der Waals surface area contributed by atoms with Crippen LogP contribution in [0, 0.1) is 5.92 Å². The van der Waals surface area contributed by atoms with E-state index < -0.39 is 0 Å². The summed E-state index contributed by atoms with van der Waals surface area (Å²) in [6.45, 7) is 0. The highest BCUT2D eigenvalue weighted by Crippen LogP contribution is 2.32. The van der Waals surface area contributed by atoms with Crippen LogP contribution in [0.2, 0.25) is 0 Å². The van der Waals surface area contributed by atoms with Crippen LogP contribution < -0.4 is 11.1 Å². The molecule has 1 saturated carbocycles. The molecule has 1 heterocycles. The van der Waals surface area contributed by atoms with Crippen LogP contribution in [0.1, 0.15) is 22.5 Å². The molecule has 1 atom stereocenters. The Morgan fingerprint density at radius 3 is 2.93 bits per heavy atom. The fraction of sp³-hybridized carbons (Fsp3) is 0.444. The van der Waals surface area contributed by atoms with Crippen molar-refractivity contribution in [1.29, 1.82) is 0 Å². The van der Waals surface area contributed by atoms with Crippen LogP contribution in [0.5, 0.6) is 0 Å². The monoisotopic (exact) mass is 241 g/mol. The Morgan fingerprint density at radius 2 is 2.47 bits per heavy atom. The second-order valence-electron chi connectivity index (χ2n) is 3.56. The van der Waals surface area contributed by atoms with Crippen molar-refractivity contribution in [2.45, 2.75) is 18.9 Å². The predicted octanol–water partition coefficient (Wildman–Crippen LogP) is 0.938. The van der Waals surface area contributed by atoms with Crippen molar-refractivity contribution < 1.29 is 4.79 Å². The summed E-state index contributed by atoms with van der Waals surface area (Å²) >= 11 is 6.24. The van der Waals surface area contributed by atoms with Crippen molar-refractivity contribution in [2.24, 2.45) is 11.7 Å². The van der Waals surface area contributed by atoms with Crippen LogP contribution in [-0.2, 0) is 0 Å². The maximum atomic E-state index is 11.7. The van der Waals surface area contributed by atoms with Crippen molar-refractivity contribution >= 4 is 34.5 Å². The van der Waals surface area contributed by atoms with E-state index in [0.717, 1.165) is 12.8 Å². The number of hydrogen-bond acceptors (Lipinski definition) is 4. The lowest BCUT2D eigenvalue weighted by Crippen LogP contribution is -2.44. The molecule has 3 N–H and O–H groups in total. The molecule has 1 aliphatic carbocycles. The Morgan fingerprint density at radius 1 is 1.73 bits per heavy atom. The molecule has 0 aliphatic heterocycles. The summed E-state index contributed by atoms with van der Waals surface area (Å²) in [5.74, 6) is 0.293. The van der Waals surface area contributed by atoms with E-state index in [9.17, 15) is 4.79 Å². The summed E-state index contributed by atoms with van der Waals surface area (Å²) in [4.78, 5) is 16.5. The van der Waals surface area contributed by atoms with E-state index in [1.54, 1.807) is 11.7 Å². The van der Waals surface area contributed by atoms with Crippen LogP contribution in [0.15, 0.2) is 11.7 Å². The summed E-state index contributed by atoms with van der Waals surface area (Å²) in [7, 11) is 0. The maximum absolute atomic E-state index is 11.7. The zero-order chi connectivity index (χ0) is 10.8. The van der Waals surface area contributed by atoms with Gasteiger partial charge >= 0.3 is 0 Å². The fourth-order valence-electron chi connectivity index (χ4n) is 1.39. The number of nitrogens with zero attached hydrogens (tertiary/aromatic N) is 1. The molecule has 80 valence electrons. The molecule has 0 radical (unpaired) electrons. The molecule has 0 saturated heterocycles. The van der Waals surface area contributed by atoms with Crippen molar-refractivity contribution in [2.75, 3.05) is 0 Å². The zero-order valence-electron chi connectivity index (χ0n) is 7.97. The van der Waals surface area contributed by atoms with Gasteiger partial charge in [-0.2, -0.15) is 0 Å². The Labute approximate surface area is 96.9 Å². The fourth-order valence-corrected chi connectivity index (χ4v) is 2.17. The van der Waals surface area contributed by atoms with E-state index in [1.165, 1.54) is 11.3 Å². The number of amides is 1. The summed E-state index contributed by atoms with van der Waals surface area (Å²) in [6, 6.07) is -0.158. The first-order valence-electron chi connectivity index (χ1n) is 4.67. The molecule has 0 bridgehead atoms. The van der Waals surface area contributed by atoms with Gasteiger partial charge in [0.05, 0.1) is 22.7 Å². The maximum Gasteiger partial charge on any atom is 0.263 e. The Kier molecular flexibility index (Phi) is 2.97. The minimum absolute atomic E-state index is 0.137. The third-order valence-electron chi connectivity index (χ3n) is 2.34. The highest BCUT2D eigenvalue weighted by molar-refractivity contribution is 7.80. The van der Waals surface area contributed by atoms with Gasteiger partial charge in [0.15, 0.2) is 0 Å². The molecule has 1 amide bonds. The van der Waals surface area contributed by atoms with E-state index in [0.29, 0.717) is 15.8 Å². The minimum atomic E-state index is -0.158. The van der Waals surface area contributed by atoms with Gasteiger partial charge in [0.25, 0.3) is 5.91 Å². The van der Waals surface area contributed by atoms with E-state index in [1.807, 2.05) is 0 Å². The van der Waals surface area contributed by atoms with Gasteiger partial charge in [-0.3, -0.25) is 9.78 Å². The molecule has 1 unspecified atom stereocenters. The second kappa shape index (κ2) is 4.24. The summed E-state index contributed by atoms with van der Waals surface area (Å²) in [5, 5.41) is 2.85. The number of nitrogens with one attached hydrogen (secondary N) is 1. The van der Waals surface area contributed by atoms with E-state index in [-0.39, 0.29) is 11.9 Å². The van der Waals surface area contributed by atoms with Gasteiger partial charge in [-0.25, -0.2) is 0 Å². The number of aromatic nitrogens is 1. The molecular weight excluding hydrogens is 230 g/mol. The molecule has 0 spiro atoms. The molecule has 6 heteroatoms. The normalized spacial score (nSPS) is 17.1. The highest BCUT2D eigenvalue weighted by atomic mass is 32.1. The molecule has 1 aliphatic rings.